The normalized spacial score (nSPS) is 11.9. The van der Waals surface area contributed by atoms with E-state index in [1.54, 1.807) is 0 Å². The van der Waals surface area contributed by atoms with Crippen molar-refractivity contribution < 1.29 is 4.79 Å². The molecule has 0 bridgehead atoms. The molecule has 0 aliphatic carbocycles. The number of hydrogen-bond donors (Lipinski definition) is 1. The Morgan fingerprint density at radius 1 is 1.27 bits per heavy atom. The molecule has 0 aromatic rings. The zero-order chi connectivity index (χ0) is 11.5. The van der Waals surface area contributed by atoms with E-state index in [0.717, 1.165) is 25.7 Å². The van der Waals surface area contributed by atoms with Crippen LogP contribution in [0.15, 0.2) is 36.5 Å². The SMILES string of the molecule is C=C/C(=C\C=C/C)CCCCCC(N)=O. The fraction of sp³-hybridized carbons (Fsp3) is 0.462. The zero-order valence-electron chi connectivity index (χ0n) is 9.54. The van der Waals surface area contributed by atoms with Gasteiger partial charge in [0.2, 0.25) is 5.91 Å². The van der Waals surface area contributed by atoms with E-state index in [0.29, 0.717) is 6.42 Å². The first-order chi connectivity index (χ1) is 7.20. The molecule has 15 heavy (non-hydrogen) atoms. The molecule has 1 amide bonds. The van der Waals surface area contributed by atoms with E-state index in [4.69, 9.17) is 5.73 Å². The molecule has 0 rings (SSSR count). The summed E-state index contributed by atoms with van der Waals surface area (Å²) in [5, 5.41) is 0. The minimum atomic E-state index is -0.205. The van der Waals surface area contributed by atoms with Crippen LogP contribution in [0.5, 0.6) is 0 Å². The van der Waals surface area contributed by atoms with Gasteiger partial charge in [-0.2, -0.15) is 0 Å². The summed E-state index contributed by atoms with van der Waals surface area (Å²) < 4.78 is 0. The maximum absolute atomic E-state index is 10.5. The molecule has 84 valence electrons. The topological polar surface area (TPSA) is 43.1 Å². The van der Waals surface area contributed by atoms with Crippen LogP contribution in [0.4, 0.5) is 0 Å². The number of carbonyl (C=O) groups is 1. The third-order valence-corrected chi connectivity index (χ3v) is 2.15. The lowest BCUT2D eigenvalue weighted by atomic mass is 10.1. The highest BCUT2D eigenvalue weighted by molar-refractivity contribution is 5.73. The first-order valence-corrected chi connectivity index (χ1v) is 5.43. The maximum atomic E-state index is 10.5. The van der Waals surface area contributed by atoms with Gasteiger partial charge < -0.3 is 5.73 Å². The summed E-state index contributed by atoms with van der Waals surface area (Å²) in [4.78, 5) is 10.5. The van der Waals surface area contributed by atoms with Crippen LogP contribution in [-0.4, -0.2) is 5.91 Å². The highest BCUT2D eigenvalue weighted by Gasteiger charge is 1.95. The van der Waals surface area contributed by atoms with Gasteiger partial charge in [-0.1, -0.05) is 37.3 Å². The Kier molecular flexibility index (Phi) is 8.44. The fourth-order valence-corrected chi connectivity index (χ4v) is 1.28. The monoisotopic (exact) mass is 207 g/mol. The van der Waals surface area contributed by atoms with Crippen LogP contribution >= 0.6 is 0 Å². The summed E-state index contributed by atoms with van der Waals surface area (Å²) in [7, 11) is 0. The van der Waals surface area contributed by atoms with Crippen LogP contribution in [0.1, 0.15) is 39.0 Å². The van der Waals surface area contributed by atoms with Gasteiger partial charge in [0, 0.05) is 6.42 Å². The molecule has 0 aliphatic rings. The van der Waals surface area contributed by atoms with Crippen LogP contribution in [-0.2, 0) is 4.79 Å². The first-order valence-electron chi connectivity index (χ1n) is 5.43. The molecular weight excluding hydrogens is 186 g/mol. The van der Waals surface area contributed by atoms with E-state index in [-0.39, 0.29) is 5.91 Å². The van der Waals surface area contributed by atoms with Gasteiger partial charge in [-0.25, -0.2) is 0 Å². The molecule has 0 aromatic heterocycles. The molecular formula is C13H21NO. The van der Waals surface area contributed by atoms with Crippen LogP contribution < -0.4 is 5.73 Å². The highest BCUT2D eigenvalue weighted by atomic mass is 16.1. The molecule has 0 saturated heterocycles. The second-order valence-electron chi connectivity index (χ2n) is 3.50. The number of amides is 1. The molecule has 2 heteroatoms. The number of nitrogens with two attached hydrogens (primary N) is 1. The Bertz CT molecular complexity index is 251. The summed E-state index contributed by atoms with van der Waals surface area (Å²) in [5.41, 5.74) is 6.29. The lowest BCUT2D eigenvalue weighted by Gasteiger charge is -2.00. The number of carbonyl (C=O) groups excluding carboxylic acids is 1. The average Bonchev–Trinajstić information content (AvgIpc) is 2.21. The number of unbranched alkanes of at least 4 members (excludes halogenated alkanes) is 2. The van der Waals surface area contributed by atoms with Gasteiger partial charge >= 0.3 is 0 Å². The maximum Gasteiger partial charge on any atom is 0.217 e. The minimum absolute atomic E-state index is 0.205. The van der Waals surface area contributed by atoms with Gasteiger partial charge in [0.05, 0.1) is 0 Å². The molecule has 0 aromatic carbocycles. The second-order valence-corrected chi connectivity index (χ2v) is 3.50. The Hall–Kier alpha value is -1.31. The molecule has 0 saturated carbocycles. The van der Waals surface area contributed by atoms with Crippen molar-refractivity contribution in [1.29, 1.82) is 0 Å². The molecule has 0 heterocycles. The number of hydrogen-bond acceptors (Lipinski definition) is 1. The predicted octanol–water partition coefficient (Wildman–Crippen LogP) is 3.11. The molecule has 0 unspecified atom stereocenters. The standard InChI is InChI=1S/C13H21NO/c1-3-5-9-12(4-2)10-7-6-8-11-13(14)15/h3-5,9H,2,6-8,10-11H2,1H3,(H2,14,15)/b5-3-,12-9+. The number of rotatable bonds is 8. The molecule has 0 fully saturated rings. The average molecular weight is 207 g/mol. The van der Waals surface area contributed by atoms with E-state index < -0.39 is 0 Å². The molecule has 2 nitrogen and oxygen atoms in total. The van der Waals surface area contributed by atoms with Gasteiger partial charge in [0.25, 0.3) is 0 Å². The summed E-state index contributed by atoms with van der Waals surface area (Å²) in [6.45, 7) is 5.75. The molecule has 0 aliphatic heterocycles. The Morgan fingerprint density at radius 2 is 1.93 bits per heavy atom. The van der Waals surface area contributed by atoms with Gasteiger partial charge in [-0.05, 0) is 31.8 Å². The molecule has 0 atom stereocenters. The third kappa shape index (κ3) is 9.01. The van der Waals surface area contributed by atoms with Gasteiger partial charge in [0.1, 0.15) is 0 Å². The largest absolute Gasteiger partial charge is 0.370 e. The molecule has 0 radical (unpaired) electrons. The van der Waals surface area contributed by atoms with E-state index in [1.807, 2.05) is 25.2 Å². The summed E-state index contributed by atoms with van der Waals surface area (Å²) in [6, 6.07) is 0. The van der Waals surface area contributed by atoms with Crippen molar-refractivity contribution in [3.63, 3.8) is 0 Å². The van der Waals surface area contributed by atoms with Crippen molar-refractivity contribution in [2.24, 2.45) is 5.73 Å². The quantitative estimate of drug-likeness (QED) is 0.482. The van der Waals surface area contributed by atoms with Gasteiger partial charge in [-0.3, -0.25) is 4.79 Å². The number of primary amides is 1. The van der Waals surface area contributed by atoms with E-state index in [1.165, 1.54) is 5.57 Å². The fourth-order valence-electron chi connectivity index (χ4n) is 1.28. The van der Waals surface area contributed by atoms with Crippen LogP contribution in [0.25, 0.3) is 0 Å². The Balaban J connectivity index is 3.64. The summed E-state index contributed by atoms with van der Waals surface area (Å²) >= 11 is 0. The first kappa shape index (κ1) is 13.7. The van der Waals surface area contributed by atoms with E-state index in [9.17, 15) is 4.79 Å². The van der Waals surface area contributed by atoms with Crippen LogP contribution in [0.2, 0.25) is 0 Å². The number of allylic oxidation sites excluding steroid dienone is 5. The van der Waals surface area contributed by atoms with E-state index in [2.05, 4.69) is 12.7 Å². The highest BCUT2D eigenvalue weighted by Crippen LogP contribution is 2.11. The van der Waals surface area contributed by atoms with Crippen molar-refractivity contribution in [3.05, 3.63) is 36.5 Å². The molecule has 0 spiro atoms. The lowest BCUT2D eigenvalue weighted by Crippen LogP contribution is -2.09. The van der Waals surface area contributed by atoms with Gasteiger partial charge in [0.15, 0.2) is 0 Å². The van der Waals surface area contributed by atoms with Crippen LogP contribution in [0.3, 0.4) is 0 Å². The van der Waals surface area contributed by atoms with E-state index >= 15 is 0 Å². The summed E-state index contributed by atoms with van der Waals surface area (Å²) in [6.07, 6.45) is 12.5. The Morgan fingerprint density at radius 3 is 2.47 bits per heavy atom. The Labute approximate surface area is 92.6 Å². The summed E-state index contributed by atoms with van der Waals surface area (Å²) in [5.74, 6) is -0.205. The minimum Gasteiger partial charge on any atom is -0.370 e. The molecule has 2 N–H and O–H groups in total. The smallest absolute Gasteiger partial charge is 0.217 e. The van der Waals surface area contributed by atoms with Crippen molar-refractivity contribution in [2.75, 3.05) is 0 Å². The second kappa shape index (κ2) is 9.25. The van der Waals surface area contributed by atoms with Crippen molar-refractivity contribution in [3.8, 4) is 0 Å². The van der Waals surface area contributed by atoms with Crippen molar-refractivity contribution in [2.45, 2.75) is 39.0 Å². The third-order valence-electron chi connectivity index (χ3n) is 2.15. The van der Waals surface area contributed by atoms with Crippen molar-refractivity contribution >= 4 is 5.91 Å². The van der Waals surface area contributed by atoms with Crippen molar-refractivity contribution in [1.82, 2.24) is 0 Å². The van der Waals surface area contributed by atoms with Crippen LogP contribution in [0, 0.1) is 0 Å². The predicted molar refractivity (Wildman–Crippen MR) is 65.4 cm³/mol. The zero-order valence-corrected chi connectivity index (χ0v) is 9.54. The lowest BCUT2D eigenvalue weighted by molar-refractivity contribution is -0.118. The van der Waals surface area contributed by atoms with Gasteiger partial charge in [-0.15, -0.1) is 0 Å².